The van der Waals surface area contributed by atoms with E-state index in [2.05, 4.69) is 19.9 Å². The topological polar surface area (TPSA) is 119 Å². The molecule has 1 aliphatic heterocycles. The summed E-state index contributed by atoms with van der Waals surface area (Å²) in [6, 6.07) is 7.37. The third-order valence-corrected chi connectivity index (χ3v) is 3.21. The van der Waals surface area contributed by atoms with E-state index >= 15 is 0 Å². The smallest absolute Gasteiger partial charge is 0.278 e. The maximum Gasteiger partial charge on any atom is 0.278 e. The number of hydrogen-bond acceptors (Lipinski definition) is 6. The number of hydrogen-bond donors (Lipinski definition) is 3. The van der Waals surface area contributed by atoms with Crippen molar-refractivity contribution in [1.82, 2.24) is 19.9 Å². The molecule has 0 spiro atoms. The molecule has 21 heavy (non-hydrogen) atoms. The van der Waals surface area contributed by atoms with Crippen molar-refractivity contribution in [2.45, 2.75) is 6.10 Å². The number of aromatic amines is 2. The van der Waals surface area contributed by atoms with Crippen LogP contribution in [0.3, 0.4) is 0 Å². The second kappa shape index (κ2) is 4.23. The highest BCUT2D eigenvalue weighted by Crippen LogP contribution is 2.35. The third kappa shape index (κ3) is 1.88. The van der Waals surface area contributed by atoms with Crippen LogP contribution < -0.4 is 20.8 Å². The van der Waals surface area contributed by atoms with E-state index in [0.717, 1.165) is 0 Å². The number of ether oxygens (including phenoxy) is 2. The fourth-order valence-electron chi connectivity index (χ4n) is 2.25. The Bertz CT molecular complexity index is 885. The summed E-state index contributed by atoms with van der Waals surface area (Å²) in [5.41, 5.74) is 5.66. The third-order valence-electron chi connectivity index (χ3n) is 3.21. The van der Waals surface area contributed by atoms with Crippen LogP contribution in [0.5, 0.6) is 11.5 Å². The van der Waals surface area contributed by atoms with Crippen molar-refractivity contribution in [3.05, 3.63) is 40.4 Å². The predicted octanol–water partition coefficient (Wildman–Crippen LogP) is 0.741. The standard InChI is InChI=1S/C13H11N5O3/c14-13-17-11-9(12(19)18-13)15-10(16-11)8-5-20-6-3-1-2-4-7(6)21-8/h1-4,8H,5H2,(H4,14,15,16,17,18,19). The summed E-state index contributed by atoms with van der Waals surface area (Å²) in [6.07, 6.45) is -0.435. The maximum atomic E-state index is 11.8. The second-order valence-corrected chi connectivity index (χ2v) is 4.64. The lowest BCUT2D eigenvalue weighted by Crippen LogP contribution is -2.22. The van der Waals surface area contributed by atoms with Gasteiger partial charge in [0.05, 0.1) is 0 Å². The average molecular weight is 285 g/mol. The Morgan fingerprint density at radius 1 is 1.19 bits per heavy atom. The number of imidazole rings is 1. The molecule has 0 radical (unpaired) electrons. The number of nitrogens with zero attached hydrogens (tertiary/aromatic N) is 2. The molecule has 8 nitrogen and oxygen atoms in total. The van der Waals surface area contributed by atoms with Crippen molar-refractivity contribution in [1.29, 1.82) is 0 Å². The van der Waals surface area contributed by atoms with Gasteiger partial charge in [0.1, 0.15) is 6.61 Å². The summed E-state index contributed by atoms with van der Waals surface area (Å²) >= 11 is 0. The van der Waals surface area contributed by atoms with Crippen LogP contribution in [0, 0.1) is 0 Å². The highest BCUT2D eigenvalue weighted by molar-refractivity contribution is 5.70. The first-order valence-corrected chi connectivity index (χ1v) is 6.34. The molecule has 8 heteroatoms. The molecule has 106 valence electrons. The minimum Gasteiger partial charge on any atom is -0.485 e. The maximum absolute atomic E-state index is 11.8. The number of anilines is 1. The molecule has 4 rings (SSSR count). The Morgan fingerprint density at radius 3 is 2.86 bits per heavy atom. The summed E-state index contributed by atoms with van der Waals surface area (Å²) in [5.74, 6) is 1.82. The molecule has 1 atom stereocenters. The Kier molecular flexibility index (Phi) is 2.37. The predicted molar refractivity (Wildman–Crippen MR) is 74.2 cm³/mol. The van der Waals surface area contributed by atoms with E-state index < -0.39 is 6.10 Å². The molecular weight excluding hydrogens is 274 g/mol. The second-order valence-electron chi connectivity index (χ2n) is 4.64. The first-order chi connectivity index (χ1) is 10.2. The highest BCUT2D eigenvalue weighted by atomic mass is 16.6. The van der Waals surface area contributed by atoms with Crippen LogP contribution in [0.2, 0.25) is 0 Å². The van der Waals surface area contributed by atoms with Crippen LogP contribution in [0.25, 0.3) is 11.2 Å². The van der Waals surface area contributed by atoms with E-state index in [1.54, 1.807) is 0 Å². The van der Waals surface area contributed by atoms with Gasteiger partial charge in [-0.3, -0.25) is 9.78 Å². The van der Waals surface area contributed by atoms with E-state index in [1.807, 2.05) is 24.3 Å². The van der Waals surface area contributed by atoms with Crippen molar-refractivity contribution in [2.24, 2.45) is 0 Å². The Hall–Kier alpha value is -3.03. The summed E-state index contributed by atoms with van der Waals surface area (Å²) in [7, 11) is 0. The van der Waals surface area contributed by atoms with Gasteiger partial charge in [-0.25, -0.2) is 4.98 Å². The molecule has 3 aromatic rings. The van der Waals surface area contributed by atoms with Crippen LogP contribution in [0.4, 0.5) is 5.95 Å². The van der Waals surface area contributed by atoms with E-state index in [1.165, 1.54) is 0 Å². The number of para-hydroxylation sites is 2. The van der Waals surface area contributed by atoms with Crippen LogP contribution in [0.15, 0.2) is 29.1 Å². The summed E-state index contributed by atoms with van der Waals surface area (Å²) in [5, 5.41) is 0. The van der Waals surface area contributed by atoms with E-state index in [0.29, 0.717) is 23.9 Å². The van der Waals surface area contributed by atoms with E-state index in [-0.39, 0.29) is 22.7 Å². The molecule has 0 fully saturated rings. The zero-order chi connectivity index (χ0) is 14.4. The van der Waals surface area contributed by atoms with Gasteiger partial charge in [0.2, 0.25) is 5.95 Å². The summed E-state index contributed by atoms with van der Waals surface area (Å²) in [6.45, 7) is 0.296. The van der Waals surface area contributed by atoms with E-state index in [9.17, 15) is 4.79 Å². The average Bonchev–Trinajstić information content (AvgIpc) is 2.91. The summed E-state index contributed by atoms with van der Waals surface area (Å²) < 4.78 is 11.5. The fraction of sp³-hybridized carbons (Fsp3) is 0.154. The quantitative estimate of drug-likeness (QED) is 0.606. The minimum absolute atomic E-state index is 0.0247. The lowest BCUT2D eigenvalue weighted by atomic mass is 10.2. The number of benzene rings is 1. The van der Waals surface area contributed by atoms with Crippen molar-refractivity contribution in [3.63, 3.8) is 0 Å². The number of H-pyrrole nitrogens is 2. The lowest BCUT2D eigenvalue weighted by molar-refractivity contribution is 0.0859. The molecule has 1 aliphatic rings. The fourth-order valence-corrected chi connectivity index (χ4v) is 2.25. The molecule has 3 heterocycles. The number of nitrogens with two attached hydrogens (primary N) is 1. The number of nitrogen functional groups attached to an aromatic ring is 1. The normalized spacial score (nSPS) is 17.0. The zero-order valence-corrected chi connectivity index (χ0v) is 10.8. The Balaban J connectivity index is 1.75. The molecule has 0 saturated carbocycles. The SMILES string of the molecule is Nc1nc2nc(C3COc4ccccc4O3)[nH]c2c(=O)[nH]1. The lowest BCUT2D eigenvalue weighted by Gasteiger charge is -2.24. The first-order valence-electron chi connectivity index (χ1n) is 6.34. The van der Waals surface area contributed by atoms with Gasteiger partial charge in [-0.05, 0) is 12.1 Å². The Morgan fingerprint density at radius 2 is 2.00 bits per heavy atom. The van der Waals surface area contributed by atoms with Gasteiger partial charge in [-0.15, -0.1) is 0 Å². The molecule has 1 unspecified atom stereocenters. The highest BCUT2D eigenvalue weighted by Gasteiger charge is 2.25. The molecule has 0 saturated heterocycles. The van der Waals surface area contributed by atoms with Gasteiger partial charge in [0.15, 0.2) is 34.6 Å². The van der Waals surface area contributed by atoms with Gasteiger partial charge < -0.3 is 20.2 Å². The van der Waals surface area contributed by atoms with Crippen molar-refractivity contribution < 1.29 is 9.47 Å². The molecular formula is C13H11N5O3. The molecule has 0 bridgehead atoms. The van der Waals surface area contributed by atoms with Crippen LogP contribution in [-0.4, -0.2) is 26.5 Å². The number of aromatic nitrogens is 4. The van der Waals surface area contributed by atoms with Gasteiger partial charge in [0.25, 0.3) is 5.56 Å². The molecule has 0 aliphatic carbocycles. The number of rotatable bonds is 1. The van der Waals surface area contributed by atoms with Crippen LogP contribution in [0.1, 0.15) is 11.9 Å². The monoisotopic (exact) mass is 285 g/mol. The first kappa shape index (κ1) is 11.8. The van der Waals surface area contributed by atoms with Crippen molar-refractivity contribution >= 4 is 17.1 Å². The van der Waals surface area contributed by atoms with Crippen LogP contribution in [-0.2, 0) is 0 Å². The van der Waals surface area contributed by atoms with Crippen molar-refractivity contribution in [2.75, 3.05) is 12.3 Å². The number of nitrogens with one attached hydrogen (secondary N) is 2. The summed E-state index contributed by atoms with van der Waals surface area (Å²) in [4.78, 5) is 25.3. The molecule has 2 aromatic heterocycles. The van der Waals surface area contributed by atoms with Gasteiger partial charge in [0, 0.05) is 0 Å². The van der Waals surface area contributed by atoms with Gasteiger partial charge >= 0.3 is 0 Å². The molecule has 4 N–H and O–H groups in total. The largest absolute Gasteiger partial charge is 0.485 e. The minimum atomic E-state index is -0.435. The van der Waals surface area contributed by atoms with Crippen LogP contribution >= 0.6 is 0 Å². The number of fused-ring (bicyclic) bond motifs is 2. The zero-order valence-electron chi connectivity index (χ0n) is 10.8. The molecule has 1 aromatic carbocycles. The van der Waals surface area contributed by atoms with Gasteiger partial charge in [-0.1, -0.05) is 12.1 Å². The van der Waals surface area contributed by atoms with E-state index in [4.69, 9.17) is 15.2 Å². The van der Waals surface area contributed by atoms with Gasteiger partial charge in [-0.2, -0.15) is 4.98 Å². The molecule has 0 amide bonds. The Labute approximate surface area is 117 Å². The van der Waals surface area contributed by atoms with Crippen molar-refractivity contribution in [3.8, 4) is 11.5 Å².